The first-order chi connectivity index (χ1) is 9.74. The SMILES string of the molecule is CNC1CCC(Cc2ccc3ncc(C)cc3c2)CC1. The van der Waals surface area contributed by atoms with Gasteiger partial charge in [0.2, 0.25) is 0 Å². The number of hydrogen-bond acceptors (Lipinski definition) is 2. The van der Waals surface area contributed by atoms with E-state index in [9.17, 15) is 0 Å². The molecule has 106 valence electrons. The maximum absolute atomic E-state index is 4.48. The van der Waals surface area contributed by atoms with Gasteiger partial charge in [0.1, 0.15) is 0 Å². The molecule has 2 nitrogen and oxygen atoms in total. The third-order valence-corrected chi connectivity index (χ3v) is 4.66. The van der Waals surface area contributed by atoms with Gasteiger partial charge >= 0.3 is 0 Å². The Balaban J connectivity index is 1.71. The van der Waals surface area contributed by atoms with E-state index in [1.807, 2.05) is 6.20 Å². The van der Waals surface area contributed by atoms with Crippen molar-refractivity contribution in [1.82, 2.24) is 10.3 Å². The molecule has 2 aromatic rings. The van der Waals surface area contributed by atoms with Gasteiger partial charge in [-0.05, 0) is 81.3 Å². The lowest BCUT2D eigenvalue weighted by atomic mass is 9.82. The fourth-order valence-electron chi connectivity index (χ4n) is 3.41. The van der Waals surface area contributed by atoms with E-state index in [0.717, 1.165) is 17.5 Å². The molecule has 1 fully saturated rings. The lowest BCUT2D eigenvalue weighted by Gasteiger charge is -2.28. The van der Waals surface area contributed by atoms with Gasteiger partial charge in [-0.15, -0.1) is 0 Å². The van der Waals surface area contributed by atoms with E-state index < -0.39 is 0 Å². The molecule has 0 saturated heterocycles. The minimum Gasteiger partial charge on any atom is -0.317 e. The van der Waals surface area contributed by atoms with Crippen LogP contribution in [0.4, 0.5) is 0 Å². The van der Waals surface area contributed by atoms with Crippen molar-refractivity contribution in [3.05, 3.63) is 41.6 Å². The van der Waals surface area contributed by atoms with Crippen LogP contribution in [0, 0.1) is 12.8 Å². The molecule has 0 radical (unpaired) electrons. The number of rotatable bonds is 3. The largest absolute Gasteiger partial charge is 0.317 e. The molecule has 0 bridgehead atoms. The quantitative estimate of drug-likeness (QED) is 0.914. The fraction of sp³-hybridized carbons (Fsp3) is 0.500. The van der Waals surface area contributed by atoms with Crippen LogP contribution in [-0.2, 0) is 6.42 Å². The van der Waals surface area contributed by atoms with Crippen molar-refractivity contribution < 1.29 is 0 Å². The Morgan fingerprint density at radius 2 is 1.95 bits per heavy atom. The van der Waals surface area contributed by atoms with Crippen LogP contribution in [0.25, 0.3) is 10.9 Å². The Morgan fingerprint density at radius 1 is 1.15 bits per heavy atom. The van der Waals surface area contributed by atoms with Crippen LogP contribution in [0.15, 0.2) is 30.5 Å². The van der Waals surface area contributed by atoms with Gasteiger partial charge in [0, 0.05) is 17.6 Å². The standard InChI is InChI=1S/C18H24N2/c1-13-9-16-11-15(5-8-18(16)20-12-13)10-14-3-6-17(19-2)7-4-14/h5,8-9,11-12,14,17,19H,3-4,6-7,10H2,1-2H3. The molecule has 1 aliphatic rings. The maximum atomic E-state index is 4.48. The van der Waals surface area contributed by atoms with Crippen molar-refractivity contribution >= 4 is 10.9 Å². The van der Waals surface area contributed by atoms with Gasteiger partial charge in [-0.2, -0.15) is 0 Å². The van der Waals surface area contributed by atoms with Gasteiger partial charge < -0.3 is 5.32 Å². The summed E-state index contributed by atoms with van der Waals surface area (Å²) in [6.07, 6.45) is 8.54. The summed E-state index contributed by atoms with van der Waals surface area (Å²) in [5, 5.41) is 4.69. The van der Waals surface area contributed by atoms with E-state index in [4.69, 9.17) is 0 Å². The fourth-order valence-corrected chi connectivity index (χ4v) is 3.41. The number of aryl methyl sites for hydroxylation is 1. The number of pyridine rings is 1. The van der Waals surface area contributed by atoms with Gasteiger partial charge in [-0.25, -0.2) is 0 Å². The Labute approximate surface area is 121 Å². The molecule has 0 amide bonds. The predicted octanol–water partition coefficient (Wildman–Crippen LogP) is 3.86. The van der Waals surface area contributed by atoms with Crippen molar-refractivity contribution in [3.8, 4) is 0 Å². The molecule has 0 unspecified atom stereocenters. The molecule has 3 rings (SSSR count). The molecular formula is C18H24N2. The van der Waals surface area contributed by atoms with Crippen LogP contribution in [0.3, 0.4) is 0 Å². The average Bonchev–Trinajstić information content (AvgIpc) is 2.47. The minimum absolute atomic E-state index is 0.745. The summed E-state index contributed by atoms with van der Waals surface area (Å²) in [6.45, 7) is 2.11. The molecule has 1 heterocycles. The number of hydrogen-bond donors (Lipinski definition) is 1. The highest BCUT2D eigenvalue weighted by Gasteiger charge is 2.20. The molecule has 1 aromatic heterocycles. The monoisotopic (exact) mass is 268 g/mol. The third-order valence-electron chi connectivity index (χ3n) is 4.66. The minimum atomic E-state index is 0.745. The molecule has 1 aliphatic carbocycles. The number of nitrogens with one attached hydrogen (secondary N) is 1. The van der Waals surface area contributed by atoms with E-state index in [-0.39, 0.29) is 0 Å². The highest BCUT2D eigenvalue weighted by atomic mass is 14.9. The molecule has 0 atom stereocenters. The predicted molar refractivity (Wildman–Crippen MR) is 85.0 cm³/mol. The number of aromatic nitrogens is 1. The number of benzene rings is 1. The summed E-state index contributed by atoms with van der Waals surface area (Å²) in [7, 11) is 2.09. The van der Waals surface area contributed by atoms with Crippen molar-refractivity contribution in [2.75, 3.05) is 7.05 Å². The van der Waals surface area contributed by atoms with E-state index in [0.29, 0.717) is 0 Å². The summed E-state index contributed by atoms with van der Waals surface area (Å²) in [5.41, 5.74) is 3.82. The Kier molecular flexibility index (Phi) is 4.02. The Bertz CT molecular complexity index is 583. The van der Waals surface area contributed by atoms with Gasteiger partial charge in [0.15, 0.2) is 0 Å². The second-order valence-corrected chi connectivity index (χ2v) is 6.25. The van der Waals surface area contributed by atoms with Crippen LogP contribution >= 0.6 is 0 Å². The summed E-state index contributed by atoms with van der Waals surface area (Å²) in [6, 6.07) is 9.75. The first-order valence-corrected chi connectivity index (χ1v) is 7.77. The van der Waals surface area contributed by atoms with Crippen LogP contribution in [0.2, 0.25) is 0 Å². The second kappa shape index (κ2) is 5.92. The molecule has 20 heavy (non-hydrogen) atoms. The van der Waals surface area contributed by atoms with Crippen molar-refractivity contribution in [2.45, 2.75) is 45.1 Å². The topological polar surface area (TPSA) is 24.9 Å². The number of fused-ring (bicyclic) bond motifs is 1. The average molecular weight is 268 g/mol. The zero-order valence-electron chi connectivity index (χ0n) is 12.5. The molecule has 1 saturated carbocycles. The normalized spacial score (nSPS) is 23.1. The molecule has 0 aliphatic heterocycles. The van der Waals surface area contributed by atoms with Gasteiger partial charge in [-0.1, -0.05) is 6.07 Å². The summed E-state index contributed by atoms with van der Waals surface area (Å²) < 4.78 is 0. The van der Waals surface area contributed by atoms with Gasteiger partial charge in [0.05, 0.1) is 5.52 Å². The summed E-state index contributed by atoms with van der Waals surface area (Å²) in [4.78, 5) is 4.48. The van der Waals surface area contributed by atoms with Crippen molar-refractivity contribution in [1.29, 1.82) is 0 Å². The van der Waals surface area contributed by atoms with Crippen LogP contribution in [0.5, 0.6) is 0 Å². The summed E-state index contributed by atoms with van der Waals surface area (Å²) >= 11 is 0. The molecule has 2 heteroatoms. The highest BCUT2D eigenvalue weighted by Crippen LogP contribution is 2.28. The Hall–Kier alpha value is -1.41. The van der Waals surface area contributed by atoms with Crippen molar-refractivity contribution in [3.63, 3.8) is 0 Å². The zero-order chi connectivity index (χ0) is 13.9. The van der Waals surface area contributed by atoms with Crippen LogP contribution < -0.4 is 5.32 Å². The first kappa shape index (κ1) is 13.6. The van der Waals surface area contributed by atoms with Crippen LogP contribution in [-0.4, -0.2) is 18.1 Å². The lowest BCUT2D eigenvalue weighted by Crippen LogP contribution is -2.30. The lowest BCUT2D eigenvalue weighted by molar-refractivity contribution is 0.300. The molecule has 1 aromatic carbocycles. The third kappa shape index (κ3) is 3.01. The molecule has 0 spiro atoms. The van der Waals surface area contributed by atoms with Gasteiger partial charge in [-0.3, -0.25) is 4.98 Å². The van der Waals surface area contributed by atoms with E-state index in [1.54, 1.807) is 0 Å². The van der Waals surface area contributed by atoms with E-state index in [2.05, 4.69) is 48.5 Å². The molecular weight excluding hydrogens is 244 g/mol. The van der Waals surface area contributed by atoms with E-state index >= 15 is 0 Å². The first-order valence-electron chi connectivity index (χ1n) is 7.77. The smallest absolute Gasteiger partial charge is 0.0702 e. The van der Waals surface area contributed by atoms with Crippen molar-refractivity contribution in [2.24, 2.45) is 5.92 Å². The zero-order valence-corrected chi connectivity index (χ0v) is 12.5. The molecule has 1 N–H and O–H groups in total. The maximum Gasteiger partial charge on any atom is 0.0702 e. The second-order valence-electron chi connectivity index (χ2n) is 6.25. The van der Waals surface area contributed by atoms with Crippen LogP contribution in [0.1, 0.15) is 36.8 Å². The summed E-state index contributed by atoms with van der Waals surface area (Å²) in [5.74, 6) is 0.856. The number of nitrogens with zero attached hydrogens (tertiary/aromatic N) is 1. The Morgan fingerprint density at radius 3 is 2.70 bits per heavy atom. The van der Waals surface area contributed by atoms with E-state index in [1.165, 1.54) is 48.6 Å². The van der Waals surface area contributed by atoms with Gasteiger partial charge in [0.25, 0.3) is 0 Å². The highest BCUT2D eigenvalue weighted by molar-refractivity contribution is 5.79.